The highest BCUT2D eigenvalue weighted by Gasteiger charge is 2.31. The normalized spacial score (nSPS) is 15.9. The molecule has 0 radical (unpaired) electrons. The van der Waals surface area contributed by atoms with E-state index in [1.165, 1.54) is 12.1 Å². The largest absolute Gasteiger partial charge is 0.416 e. The van der Waals surface area contributed by atoms with Gasteiger partial charge in [-0.2, -0.15) is 13.2 Å². The van der Waals surface area contributed by atoms with E-state index in [4.69, 9.17) is 0 Å². The molecule has 0 aliphatic carbocycles. The molecule has 1 aromatic rings. The summed E-state index contributed by atoms with van der Waals surface area (Å²) in [5.41, 5.74) is -0.650. The molecule has 1 aromatic carbocycles. The summed E-state index contributed by atoms with van der Waals surface area (Å²) in [4.78, 5) is 26.0. The summed E-state index contributed by atoms with van der Waals surface area (Å²) < 4.78 is 38.2. The van der Waals surface area contributed by atoms with E-state index in [9.17, 15) is 22.8 Å². The van der Waals surface area contributed by atoms with Gasteiger partial charge in [-0.1, -0.05) is 19.4 Å². The Bertz CT molecular complexity index is 609. The van der Waals surface area contributed by atoms with Gasteiger partial charge in [0.1, 0.15) is 0 Å². The number of halogens is 3. The Labute approximate surface area is 145 Å². The van der Waals surface area contributed by atoms with Crippen LogP contribution >= 0.6 is 0 Å². The molecule has 1 N–H and O–H groups in total. The van der Waals surface area contributed by atoms with Gasteiger partial charge in [0, 0.05) is 31.1 Å². The lowest BCUT2D eigenvalue weighted by Gasteiger charge is -2.31. The molecule has 25 heavy (non-hydrogen) atoms. The summed E-state index contributed by atoms with van der Waals surface area (Å²) in [5.74, 6) is -0.469. The number of anilines is 1. The standard InChI is InChI=1S/C18H23F3N2O2/c1-2-3-7-16(24)23-10-8-13(9-11-23)17(25)22-15-6-4-5-14(12-15)18(19,20)21/h4-6,12-13H,2-3,7-11H2,1H3,(H,22,25). The first kappa shape index (κ1) is 19.3. The van der Waals surface area contributed by atoms with E-state index in [-0.39, 0.29) is 23.4 Å². The first-order valence-electron chi connectivity index (χ1n) is 8.57. The number of benzene rings is 1. The van der Waals surface area contributed by atoms with Crippen LogP contribution in [0.1, 0.15) is 44.6 Å². The number of unbranched alkanes of at least 4 members (excludes halogenated alkanes) is 1. The molecule has 138 valence electrons. The van der Waals surface area contributed by atoms with Crippen LogP contribution in [-0.2, 0) is 15.8 Å². The number of carbonyl (C=O) groups is 2. The maximum atomic E-state index is 12.7. The molecular weight excluding hydrogens is 333 g/mol. The molecule has 0 atom stereocenters. The fourth-order valence-electron chi connectivity index (χ4n) is 2.89. The van der Waals surface area contributed by atoms with Crippen LogP contribution in [0.15, 0.2) is 24.3 Å². The van der Waals surface area contributed by atoms with Crippen molar-refractivity contribution >= 4 is 17.5 Å². The van der Waals surface area contributed by atoms with E-state index < -0.39 is 11.7 Å². The van der Waals surface area contributed by atoms with Gasteiger partial charge in [0.05, 0.1) is 5.56 Å². The first-order valence-corrected chi connectivity index (χ1v) is 8.57. The van der Waals surface area contributed by atoms with E-state index in [1.54, 1.807) is 4.90 Å². The van der Waals surface area contributed by atoms with Crippen LogP contribution in [0.4, 0.5) is 18.9 Å². The van der Waals surface area contributed by atoms with Crippen LogP contribution in [0.25, 0.3) is 0 Å². The molecule has 0 aromatic heterocycles. The van der Waals surface area contributed by atoms with Crippen LogP contribution in [0.3, 0.4) is 0 Å². The van der Waals surface area contributed by atoms with Crippen molar-refractivity contribution in [2.24, 2.45) is 5.92 Å². The van der Waals surface area contributed by atoms with E-state index in [0.717, 1.165) is 25.0 Å². The lowest BCUT2D eigenvalue weighted by molar-refractivity contribution is -0.137. The summed E-state index contributed by atoms with van der Waals surface area (Å²) in [6.07, 6.45) is -1.04. The van der Waals surface area contributed by atoms with Gasteiger partial charge < -0.3 is 10.2 Å². The highest BCUT2D eigenvalue weighted by Crippen LogP contribution is 2.31. The minimum Gasteiger partial charge on any atom is -0.343 e. The third kappa shape index (κ3) is 5.47. The van der Waals surface area contributed by atoms with Crippen molar-refractivity contribution in [1.29, 1.82) is 0 Å². The minimum atomic E-state index is -4.44. The zero-order valence-electron chi connectivity index (χ0n) is 14.2. The molecule has 1 aliphatic heterocycles. The molecule has 1 heterocycles. The van der Waals surface area contributed by atoms with Crippen molar-refractivity contribution in [3.05, 3.63) is 29.8 Å². The van der Waals surface area contributed by atoms with Crippen LogP contribution < -0.4 is 5.32 Å². The molecule has 2 amide bonds. The van der Waals surface area contributed by atoms with E-state index in [1.807, 2.05) is 6.92 Å². The Morgan fingerprint density at radius 3 is 2.52 bits per heavy atom. The highest BCUT2D eigenvalue weighted by atomic mass is 19.4. The summed E-state index contributed by atoms with van der Waals surface area (Å²) in [7, 11) is 0. The topological polar surface area (TPSA) is 49.4 Å². The quantitative estimate of drug-likeness (QED) is 0.864. The van der Waals surface area contributed by atoms with Crippen molar-refractivity contribution in [3.63, 3.8) is 0 Å². The SMILES string of the molecule is CCCCC(=O)N1CCC(C(=O)Nc2cccc(C(F)(F)F)c2)CC1. The van der Waals surface area contributed by atoms with Crippen LogP contribution in [0.2, 0.25) is 0 Å². The molecule has 0 spiro atoms. The fraction of sp³-hybridized carbons (Fsp3) is 0.556. The fourth-order valence-corrected chi connectivity index (χ4v) is 2.89. The Balaban J connectivity index is 1.88. The van der Waals surface area contributed by atoms with Crippen molar-refractivity contribution in [2.45, 2.75) is 45.2 Å². The first-order chi connectivity index (χ1) is 11.8. The Morgan fingerprint density at radius 2 is 1.92 bits per heavy atom. The molecule has 7 heteroatoms. The zero-order chi connectivity index (χ0) is 18.4. The predicted molar refractivity (Wildman–Crippen MR) is 88.9 cm³/mol. The van der Waals surface area contributed by atoms with Crippen molar-refractivity contribution < 1.29 is 22.8 Å². The number of likely N-dealkylation sites (tertiary alicyclic amines) is 1. The number of alkyl halides is 3. The number of nitrogens with one attached hydrogen (secondary N) is 1. The lowest BCUT2D eigenvalue weighted by atomic mass is 9.95. The number of nitrogens with zero attached hydrogens (tertiary/aromatic N) is 1. The number of piperidine rings is 1. The number of carbonyl (C=O) groups excluding carboxylic acids is 2. The second-order valence-electron chi connectivity index (χ2n) is 6.33. The van der Waals surface area contributed by atoms with Gasteiger partial charge in [0.15, 0.2) is 0 Å². The second-order valence-corrected chi connectivity index (χ2v) is 6.33. The van der Waals surface area contributed by atoms with Gasteiger partial charge in [-0.3, -0.25) is 9.59 Å². The van der Waals surface area contributed by atoms with Gasteiger partial charge in [0.2, 0.25) is 11.8 Å². The molecule has 0 bridgehead atoms. The highest BCUT2D eigenvalue weighted by molar-refractivity contribution is 5.92. The number of hydrogen-bond donors (Lipinski definition) is 1. The summed E-state index contributed by atoms with van der Waals surface area (Å²) in [6.45, 7) is 3.06. The van der Waals surface area contributed by atoms with Gasteiger partial charge in [-0.15, -0.1) is 0 Å². The van der Waals surface area contributed by atoms with E-state index in [0.29, 0.717) is 32.4 Å². The third-order valence-corrected chi connectivity index (χ3v) is 4.42. The van der Waals surface area contributed by atoms with Crippen LogP contribution in [-0.4, -0.2) is 29.8 Å². The molecule has 2 rings (SSSR count). The Kier molecular flexibility index (Phi) is 6.45. The summed E-state index contributed by atoms with van der Waals surface area (Å²) in [6, 6.07) is 4.61. The predicted octanol–water partition coefficient (Wildman–Crippen LogP) is 4.07. The van der Waals surface area contributed by atoms with Gasteiger partial charge in [0.25, 0.3) is 0 Å². The lowest BCUT2D eigenvalue weighted by Crippen LogP contribution is -2.41. The van der Waals surface area contributed by atoms with Gasteiger partial charge in [-0.25, -0.2) is 0 Å². The average molecular weight is 356 g/mol. The molecule has 1 saturated heterocycles. The number of rotatable bonds is 5. The van der Waals surface area contributed by atoms with Crippen molar-refractivity contribution in [3.8, 4) is 0 Å². The van der Waals surface area contributed by atoms with Crippen molar-refractivity contribution in [2.75, 3.05) is 18.4 Å². The Morgan fingerprint density at radius 1 is 1.24 bits per heavy atom. The van der Waals surface area contributed by atoms with Gasteiger partial charge >= 0.3 is 6.18 Å². The van der Waals surface area contributed by atoms with E-state index >= 15 is 0 Å². The molecule has 1 aliphatic rings. The maximum Gasteiger partial charge on any atom is 0.416 e. The molecule has 1 fully saturated rings. The smallest absolute Gasteiger partial charge is 0.343 e. The number of hydrogen-bond acceptors (Lipinski definition) is 2. The summed E-state index contributed by atoms with van der Waals surface area (Å²) in [5, 5.41) is 2.56. The molecular formula is C18H23F3N2O2. The Hall–Kier alpha value is -2.05. The molecule has 0 unspecified atom stereocenters. The maximum absolute atomic E-state index is 12.7. The summed E-state index contributed by atoms with van der Waals surface area (Å²) >= 11 is 0. The van der Waals surface area contributed by atoms with Crippen molar-refractivity contribution in [1.82, 2.24) is 4.90 Å². The monoisotopic (exact) mass is 356 g/mol. The average Bonchev–Trinajstić information content (AvgIpc) is 2.59. The minimum absolute atomic E-state index is 0.110. The second kappa shape index (κ2) is 8.36. The zero-order valence-corrected chi connectivity index (χ0v) is 14.2. The number of amides is 2. The van der Waals surface area contributed by atoms with Gasteiger partial charge in [-0.05, 0) is 37.5 Å². The van der Waals surface area contributed by atoms with E-state index in [2.05, 4.69) is 5.32 Å². The van der Waals surface area contributed by atoms with Crippen LogP contribution in [0.5, 0.6) is 0 Å². The molecule has 4 nitrogen and oxygen atoms in total. The third-order valence-electron chi connectivity index (χ3n) is 4.42. The van der Waals surface area contributed by atoms with Crippen LogP contribution in [0, 0.1) is 5.92 Å². The molecule has 0 saturated carbocycles.